The van der Waals surface area contributed by atoms with Crippen molar-refractivity contribution in [3.05, 3.63) is 92.3 Å². The van der Waals surface area contributed by atoms with Gasteiger partial charge in [-0.2, -0.15) is 0 Å². The molecule has 0 aliphatic heterocycles. The van der Waals surface area contributed by atoms with E-state index >= 15 is 0 Å². The maximum absolute atomic E-state index is 13.8. The molecule has 156 valence electrons. The van der Waals surface area contributed by atoms with Crippen LogP contribution in [0.4, 0.5) is 8.78 Å². The maximum Gasteiger partial charge on any atom is 0.310 e. The third-order valence-electron chi connectivity index (χ3n) is 4.29. The second-order valence-electron chi connectivity index (χ2n) is 6.39. The highest BCUT2D eigenvalue weighted by Crippen LogP contribution is 2.24. The summed E-state index contributed by atoms with van der Waals surface area (Å²) in [6.07, 6.45) is 1.77. The van der Waals surface area contributed by atoms with E-state index in [1.807, 2.05) is 0 Å². The molecule has 0 unspecified atom stereocenters. The molecule has 0 amide bonds. The van der Waals surface area contributed by atoms with Crippen LogP contribution in [-0.4, -0.2) is 10.5 Å². The molecule has 0 bridgehead atoms. The molecule has 1 aromatic heterocycles. The van der Waals surface area contributed by atoms with Crippen LogP contribution in [-0.2, 0) is 17.9 Å². The quantitative estimate of drug-likeness (QED) is 0.361. The van der Waals surface area contributed by atoms with Crippen molar-refractivity contribution in [3.63, 3.8) is 0 Å². The Balaban J connectivity index is 1.79. The lowest BCUT2D eigenvalue weighted by Crippen LogP contribution is -2.22. The van der Waals surface area contributed by atoms with E-state index in [9.17, 15) is 18.4 Å². The van der Waals surface area contributed by atoms with Gasteiger partial charge in [0.25, 0.3) is 5.56 Å². The molecule has 30 heavy (non-hydrogen) atoms. The molecular formula is C22H18BrF2NO4. The number of nitrogens with zero attached hydrogens (tertiary/aromatic N) is 1. The van der Waals surface area contributed by atoms with E-state index in [-0.39, 0.29) is 46.9 Å². The molecule has 0 saturated carbocycles. The molecule has 0 spiro atoms. The van der Waals surface area contributed by atoms with Crippen LogP contribution in [0.5, 0.6) is 11.5 Å². The van der Waals surface area contributed by atoms with E-state index in [0.29, 0.717) is 11.3 Å². The number of hydrogen-bond donors (Lipinski definition) is 0. The number of esters is 1. The summed E-state index contributed by atoms with van der Waals surface area (Å²) in [5.74, 6) is -1.15. The first-order chi connectivity index (χ1) is 14.4. The molecule has 0 aliphatic carbocycles. The Labute approximate surface area is 180 Å². The summed E-state index contributed by atoms with van der Waals surface area (Å²) in [4.78, 5) is 24.3. The Morgan fingerprint density at radius 2 is 1.83 bits per heavy atom. The molecule has 0 atom stereocenters. The molecule has 3 aromatic rings. The summed E-state index contributed by atoms with van der Waals surface area (Å²) >= 11 is 3.22. The van der Waals surface area contributed by atoms with Crippen molar-refractivity contribution >= 4 is 21.9 Å². The summed E-state index contributed by atoms with van der Waals surface area (Å²) in [6, 6.07) is 11.7. The van der Waals surface area contributed by atoms with Gasteiger partial charge in [0.1, 0.15) is 34.2 Å². The maximum atomic E-state index is 13.8. The van der Waals surface area contributed by atoms with Gasteiger partial charge in [0.2, 0.25) is 0 Å². The molecule has 5 nitrogen and oxygen atoms in total. The Morgan fingerprint density at radius 1 is 1.07 bits per heavy atom. The molecule has 8 heteroatoms. The second kappa shape index (κ2) is 9.67. The lowest BCUT2D eigenvalue weighted by atomic mass is 10.2. The molecule has 3 rings (SSSR count). The molecule has 1 heterocycles. The van der Waals surface area contributed by atoms with Gasteiger partial charge in [0, 0.05) is 29.8 Å². The normalized spacial score (nSPS) is 10.7. The van der Waals surface area contributed by atoms with Crippen molar-refractivity contribution in [2.45, 2.75) is 26.5 Å². The smallest absolute Gasteiger partial charge is 0.310 e. The Bertz CT molecular complexity index is 1130. The minimum absolute atomic E-state index is 0.163. The van der Waals surface area contributed by atoms with Crippen LogP contribution < -0.4 is 15.0 Å². The van der Waals surface area contributed by atoms with Gasteiger partial charge >= 0.3 is 5.97 Å². The van der Waals surface area contributed by atoms with E-state index in [2.05, 4.69) is 15.9 Å². The molecule has 0 fully saturated rings. The van der Waals surface area contributed by atoms with E-state index < -0.39 is 11.6 Å². The summed E-state index contributed by atoms with van der Waals surface area (Å²) in [6.45, 7) is 1.71. The van der Waals surface area contributed by atoms with Gasteiger partial charge in [-0.1, -0.05) is 25.1 Å². The van der Waals surface area contributed by atoms with Gasteiger partial charge in [-0.05, 0) is 40.2 Å². The van der Waals surface area contributed by atoms with Crippen molar-refractivity contribution in [2.75, 3.05) is 0 Å². The fraction of sp³-hybridized carbons (Fsp3) is 0.182. The number of carbonyl (C=O) groups is 1. The lowest BCUT2D eigenvalue weighted by molar-refractivity contribution is -0.134. The summed E-state index contributed by atoms with van der Waals surface area (Å²) in [5.41, 5.74) is 0.457. The largest absolute Gasteiger partial charge is 0.487 e. The Morgan fingerprint density at radius 3 is 2.57 bits per heavy atom. The minimum Gasteiger partial charge on any atom is -0.487 e. The fourth-order valence-corrected chi connectivity index (χ4v) is 3.15. The first kappa shape index (κ1) is 21.7. The zero-order chi connectivity index (χ0) is 21.7. The SMILES string of the molecule is CCC(=O)Oc1ccccc1Cn1ccc(OCc2ccc(F)cc2F)c(Br)c1=O. The number of benzene rings is 2. The molecule has 0 N–H and O–H groups in total. The zero-order valence-electron chi connectivity index (χ0n) is 16.0. The number of halogens is 3. The van der Waals surface area contributed by atoms with Gasteiger partial charge in [-0.3, -0.25) is 9.59 Å². The van der Waals surface area contributed by atoms with Crippen molar-refractivity contribution in [2.24, 2.45) is 0 Å². The van der Waals surface area contributed by atoms with Crippen LogP contribution in [0, 0.1) is 11.6 Å². The second-order valence-corrected chi connectivity index (χ2v) is 7.18. The Hall–Kier alpha value is -3.00. The first-order valence-electron chi connectivity index (χ1n) is 9.13. The number of pyridine rings is 1. The number of hydrogen-bond acceptors (Lipinski definition) is 4. The molecule has 0 saturated heterocycles. The van der Waals surface area contributed by atoms with Crippen molar-refractivity contribution < 1.29 is 23.0 Å². The number of aromatic nitrogens is 1. The fourth-order valence-electron chi connectivity index (χ4n) is 2.67. The van der Waals surface area contributed by atoms with Crippen LogP contribution in [0.3, 0.4) is 0 Å². The number of ether oxygens (including phenoxy) is 2. The predicted molar refractivity (Wildman–Crippen MR) is 111 cm³/mol. The highest BCUT2D eigenvalue weighted by atomic mass is 79.9. The van der Waals surface area contributed by atoms with E-state index in [4.69, 9.17) is 9.47 Å². The summed E-state index contributed by atoms with van der Waals surface area (Å²) in [5, 5.41) is 0. The van der Waals surface area contributed by atoms with E-state index in [0.717, 1.165) is 12.1 Å². The van der Waals surface area contributed by atoms with Crippen molar-refractivity contribution in [1.82, 2.24) is 4.57 Å². The van der Waals surface area contributed by atoms with Crippen molar-refractivity contribution in [1.29, 1.82) is 0 Å². The predicted octanol–water partition coefficient (Wildman–Crippen LogP) is 4.83. The minimum atomic E-state index is -0.724. The Kier molecular flexibility index (Phi) is 6.99. The van der Waals surface area contributed by atoms with E-state index in [1.165, 1.54) is 16.8 Å². The highest BCUT2D eigenvalue weighted by molar-refractivity contribution is 9.10. The monoisotopic (exact) mass is 477 g/mol. The third kappa shape index (κ3) is 5.13. The number of para-hydroxylation sites is 1. The molecule has 0 radical (unpaired) electrons. The average Bonchev–Trinajstić information content (AvgIpc) is 2.73. The van der Waals surface area contributed by atoms with Gasteiger partial charge in [-0.25, -0.2) is 8.78 Å². The molecule has 0 aliphatic rings. The topological polar surface area (TPSA) is 57.5 Å². The number of rotatable bonds is 7. The first-order valence-corrected chi connectivity index (χ1v) is 9.92. The standard InChI is InChI=1S/C22H18BrF2NO4/c1-2-20(27)30-18-6-4-3-5-14(18)12-26-10-9-19(21(23)22(26)28)29-13-15-7-8-16(24)11-17(15)25/h3-11H,2,12-13H2,1H3. The average molecular weight is 478 g/mol. The van der Waals surface area contributed by atoms with Gasteiger partial charge in [0.05, 0.1) is 6.54 Å². The summed E-state index contributed by atoms with van der Waals surface area (Å²) < 4.78 is 39.2. The van der Waals surface area contributed by atoms with Crippen LogP contribution in [0.15, 0.2) is 64.0 Å². The van der Waals surface area contributed by atoms with Crippen LogP contribution in [0.25, 0.3) is 0 Å². The molecule has 2 aromatic carbocycles. The van der Waals surface area contributed by atoms with Crippen LogP contribution >= 0.6 is 15.9 Å². The van der Waals surface area contributed by atoms with Gasteiger partial charge in [-0.15, -0.1) is 0 Å². The third-order valence-corrected chi connectivity index (χ3v) is 5.02. The molecular weight excluding hydrogens is 460 g/mol. The van der Waals surface area contributed by atoms with E-state index in [1.54, 1.807) is 37.3 Å². The lowest BCUT2D eigenvalue weighted by Gasteiger charge is -2.13. The zero-order valence-corrected chi connectivity index (χ0v) is 17.6. The van der Waals surface area contributed by atoms with Crippen LogP contribution in [0.2, 0.25) is 0 Å². The number of carbonyl (C=O) groups excluding carboxylic acids is 1. The van der Waals surface area contributed by atoms with Crippen molar-refractivity contribution in [3.8, 4) is 11.5 Å². The highest BCUT2D eigenvalue weighted by Gasteiger charge is 2.13. The van der Waals surface area contributed by atoms with Gasteiger partial charge < -0.3 is 14.0 Å². The van der Waals surface area contributed by atoms with Crippen LogP contribution in [0.1, 0.15) is 24.5 Å². The summed E-state index contributed by atoms with van der Waals surface area (Å²) in [7, 11) is 0. The van der Waals surface area contributed by atoms with Gasteiger partial charge in [0.15, 0.2) is 0 Å².